The Morgan fingerprint density at radius 3 is 2.10 bits per heavy atom. The fraction of sp³-hybridized carbons (Fsp3) is 0.619. The molecule has 2 N–H and O–H groups in total. The number of amides is 1. The molecule has 9 heteroatoms. The first kappa shape index (κ1) is 26.1. The summed E-state index contributed by atoms with van der Waals surface area (Å²) in [5.74, 6) is -1.14. The van der Waals surface area contributed by atoms with Crippen LogP contribution in [0.25, 0.3) is 0 Å². The van der Waals surface area contributed by atoms with E-state index in [2.05, 4.69) is 10.4 Å². The summed E-state index contributed by atoms with van der Waals surface area (Å²) >= 11 is 0. The highest BCUT2D eigenvalue weighted by molar-refractivity contribution is 7.57. The molecular weight excluding hydrogens is 407 g/mol. The fourth-order valence-electron chi connectivity index (χ4n) is 2.93. The van der Waals surface area contributed by atoms with Gasteiger partial charge < -0.3 is 19.3 Å². The van der Waals surface area contributed by atoms with E-state index in [9.17, 15) is 14.2 Å². The van der Waals surface area contributed by atoms with Crippen molar-refractivity contribution in [2.45, 2.75) is 59.0 Å². The van der Waals surface area contributed by atoms with Gasteiger partial charge in [0.15, 0.2) is 0 Å². The largest absolute Gasteiger partial charge is 0.468 e. The molecule has 3 atom stereocenters. The highest BCUT2D eigenvalue weighted by atomic mass is 31.2. The van der Waals surface area contributed by atoms with Crippen LogP contribution < -0.4 is 10.4 Å². The SMILES string of the molecule is COC(=O)C(CC(C)C)NP(=O)(OC)C(CC(C)C)NC(=O)OCc1ccccc1. The van der Waals surface area contributed by atoms with Gasteiger partial charge in [-0.05, 0) is 30.2 Å². The van der Waals surface area contributed by atoms with E-state index < -0.39 is 31.4 Å². The van der Waals surface area contributed by atoms with E-state index >= 15 is 0 Å². The second-order valence-electron chi connectivity index (χ2n) is 7.97. The maximum absolute atomic E-state index is 13.6. The van der Waals surface area contributed by atoms with Crippen molar-refractivity contribution in [2.24, 2.45) is 11.8 Å². The van der Waals surface area contributed by atoms with Gasteiger partial charge in [0.2, 0.25) is 0 Å². The number of ether oxygens (including phenoxy) is 2. The first-order valence-electron chi connectivity index (χ1n) is 10.1. The molecule has 170 valence electrons. The zero-order valence-corrected chi connectivity index (χ0v) is 19.6. The monoisotopic (exact) mass is 442 g/mol. The van der Waals surface area contributed by atoms with Gasteiger partial charge >= 0.3 is 12.1 Å². The van der Waals surface area contributed by atoms with Crippen LogP contribution in [-0.4, -0.2) is 38.1 Å². The molecule has 0 radical (unpaired) electrons. The van der Waals surface area contributed by atoms with Gasteiger partial charge in [-0.1, -0.05) is 58.0 Å². The number of carbonyl (C=O) groups excluding carboxylic acids is 2. The molecule has 1 aromatic rings. The first-order chi connectivity index (χ1) is 14.1. The summed E-state index contributed by atoms with van der Waals surface area (Å²) in [6.45, 7) is 7.86. The summed E-state index contributed by atoms with van der Waals surface area (Å²) in [5.41, 5.74) is 0.837. The molecule has 1 aromatic carbocycles. The van der Waals surface area contributed by atoms with E-state index in [1.165, 1.54) is 14.2 Å². The molecule has 0 bridgehead atoms. The normalized spacial score (nSPS) is 15.3. The fourth-order valence-corrected chi connectivity index (χ4v) is 5.09. The maximum Gasteiger partial charge on any atom is 0.408 e. The Morgan fingerprint density at radius 2 is 1.60 bits per heavy atom. The number of nitrogens with one attached hydrogen (secondary N) is 2. The average molecular weight is 442 g/mol. The van der Waals surface area contributed by atoms with Gasteiger partial charge in [0.1, 0.15) is 18.4 Å². The van der Waals surface area contributed by atoms with Crippen LogP contribution in [0.2, 0.25) is 0 Å². The third kappa shape index (κ3) is 8.86. The lowest BCUT2D eigenvalue weighted by atomic mass is 10.1. The van der Waals surface area contributed by atoms with Gasteiger partial charge in [0.25, 0.3) is 7.52 Å². The minimum atomic E-state index is -3.66. The van der Waals surface area contributed by atoms with E-state index in [1.54, 1.807) is 0 Å². The highest BCUT2D eigenvalue weighted by Gasteiger charge is 2.39. The molecule has 30 heavy (non-hydrogen) atoms. The van der Waals surface area contributed by atoms with Crippen LogP contribution in [0.5, 0.6) is 0 Å². The van der Waals surface area contributed by atoms with E-state index in [0.29, 0.717) is 12.8 Å². The second kappa shape index (κ2) is 12.7. The molecule has 0 aromatic heterocycles. The Hall–Kier alpha value is -1.89. The van der Waals surface area contributed by atoms with E-state index in [4.69, 9.17) is 14.0 Å². The van der Waals surface area contributed by atoms with Crippen molar-refractivity contribution >= 4 is 19.6 Å². The summed E-state index contributed by atoms with van der Waals surface area (Å²) in [4.78, 5) is 24.6. The van der Waals surface area contributed by atoms with Crippen LogP contribution in [0, 0.1) is 11.8 Å². The Balaban J connectivity index is 2.95. The Labute approximate surface area is 179 Å². The zero-order valence-electron chi connectivity index (χ0n) is 18.7. The average Bonchev–Trinajstić information content (AvgIpc) is 2.70. The smallest absolute Gasteiger partial charge is 0.408 e. The van der Waals surface area contributed by atoms with E-state index in [1.807, 2.05) is 58.0 Å². The number of rotatable bonds is 12. The quantitative estimate of drug-likeness (QED) is 0.367. The zero-order chi connectivity index (χ0) is 22.7. The Kier molecular flexibility index (Phi) is 11.1. The molecule has 1 amide bonds. The second-order valence-corrected chi connectivity index (χ2v) is 10.4. The number of esters is 1. The summed E-state index contributed by atoms with van der Waals surface area (Å²) in [6, 6.07) is 8.43. The third-order valence-electron chi connectivity index (χ3n) is 4.40. The summed E-state index contributed by atoms with van der Waals surface area (Å²) < 4.78 is 29.1. The van der Waals surface area contributed by atoms with Crippen molar-refractivity contribution in [1.29, 1.82) is 0 Å². The molecule has 1 rings (SSSR count). The molecule has 0 fully saturated rings. The van der Waals surface area contributed by atoms with Crippen molar-refractivity contribution < 1.29 is 28.2 Å². The first-order valence-corrected chi connectivity index (χ1v) is 11.8. The highest BCUT2D eigenvalue weighted by Crippen LogP contribution is 2.49. The molecule has 0 spiro atoms. The standard InChI is InChI=1S/C21H35N2O6P/c1-15(2)12-18(20(24)27-5)23-30(26,28-6)19(13-16(3)4)22-21(25)29-14-17-10-8-7-9-11-17/h7-11,15-16,18-19H,12-14H2,1-6H3,(H,22,25)(H,23,26). The van der Waals surface area contributed by atoms with Gasteiger partial charge in [-0.2, -0.15) is 0 Å². The molecule has 0 aliphatic heterocycles. The summed E-state index contributed by atoms with van der Waals surface area (Å²) in [5, 5.41) is 5.50. The van der Waals surface area contributed by atoms with Crippen molar-refractivity contribution in [2.75, 3.05) is 14.2 Å². The molecule has 0 saturated carbocycles. The van der Waals surface area contributed by atoms with Gasteiger partial charge in [0, 0.05) is 7.11 Å². The molecule has 0 aliphatic carbocycles. The molecule has 8 nitrogen and oxygen atoms in total. The number of carbonyl (C=O) groups is 2. The molecule has 0 aliphatic rings. The minimum absolute atomic E-state index is 0.0872. The van der Waals surface area contributed by atoms with Crippen LogP contribution in [0.3, 0.4) is 0 Å². The lowest BCUT2D eigenvalue weighted by Gasteiger charge is -2.31. The van der Waals surface area contributed by atoms with Crippen molar-refractivity contribution in [3.05, 3.63) is 35.9 Å². The third-order valence-corrected chi connectivity index (χ3v) is 6.78. The van der Waals surface area contributed by atoms with Crippen molar-refractivity contribution in [3.63, 3.8) is 0 Å². The van der Waals surface area contributed by atoms with E-state index in [-0.39, 0.29) is 18.4 Å². The number of hydrogen-bond donors (Lipinski definition) is 2. The molecular formula is C21H35N2O6P. The lowest BCUT2D eigenvalue weighted by Crippen LogP contribution is -2.44. The predicted octanol–water partition coefficient (Wildman–Crippen LogP) is 4.30. The maximum atomic E-state index is 13.6. The van der Waals surface area contributed by atoms with Crippen LogP contribution in [0.15, 0.2) is 30.3 Å². The van der Waals surface area contributed by atoms with Crippen LogP contribution in [0.1, 0.15) is 46.1 Å². The van der Waals surface area contributed by atoms with Crippen LogP contribution in [-0.2, 0) is 30.0 Å². The van der Waals surface area contributed by atoms with Gasteiger partial charge in [-0.25, -0.2) is 9.88 Å². The molecule has 0 saturated heterocycles. The van der Waals surface area contributed by atoms with Crippen LogP contribution >= 0.6 is 7.52 Å². The lowest BCUT2D eigenvalue weighted by molar-refractivity contribution is -0.143. The number of benzene rings is 1. The van der Waals surface area contributed by atoms with Gasteiger partial charge in [-0.15, -0.1) is 0 Å². The van der Waals surface area contributed by atoms with E-state index in [0.717, 1.165) is 5.56 Å². The van der Waals surface area contributed by atoms with Gasteiger partial charge in [-0.3, -0.25) is 9.36 Å². The Morgan fingerprint density at radius 1 is 1.00 bits per heavy atom. The molecule has 0 heterocycles. The number of methoxy groups -OCH3 is 1. The summed E-state index contributed by atoms with van der Waals surface area (Å²) in [7, 11) is -1.08. The number of alkyl carbamates (subject to hydrolysis) is 1. The van der Waals surface area contributed by atoms with Crippen LogP contribution in [0.4, 0.5) is 4.79 Å². The van der Waals surface area contributed by atoms with Crippen molar-refractivity contribution in [1.82, 2.24) is 10.4 Å². The Bertz CT molecular complexity index is 711. The predicted molar refractivity (Wildman–Crippen MR) is 116 cm³/mol. The number of hydrogen-bond acceptors (Lipinski definition) is 6. The van der Waals surface area contributed by atoms with Gasteiger partial charge in [0.05, 0.1) is 7.11 Å². The molecule has 3 unspecified atom stereocenters. The summed E-state index contributed by atoms with van der Waals surface area (Å²) in [6.07, 6.45) is 0.0723. The topological polar surface area (TPSA) is 103 Å². The van der Waals surface area contributed by atoms with Crippen molar-refractivity contribution in [3.8, 4) is 0 Å². The minimum Gasteiger partial charge on any atom is -0.468 e.